The van der Waals surface area contributed by atoms with Crippen LogP contribution in [0.4, 0.5) is 0 Å². The second-order valence-electron chi connectivity index (χ2n) is 9.32. The zero-order valence-electron chi connectivity index (χ0n) is 45.9. The molecule has 0 fully saturated rings. The summed E-state index contributed by atoms with van der Waals surface area (Å²) in [5.41, 5.74) is -0.707. The van der Waals surface area contributed by atoms with Gasteiger partial charge in [0.1, 0.15) is 0 Å². The summed E-state index contributed by atoms with van der Waals surface area (Å²) in [5.74, 6) is -1.41. The van der Waals surface area contributed by atoms with Crippen LogP contribution in [-0.4, -0.2) is 0 Å². The molecule has 0 rings (SSSR count). The Labute approximate surface area is 262 Å². The molecule has 0 bridgehead atoms. The highest BCUT2D eigenvalue weighted by molar-refractivity contribution is 4.83. The molecular formula is C36H84. The van der Waals surface area contributed by atoms with Crippen molar-refractivity contribution >= 4 is 0 Å². The summed E-state index contributed by atoms with van der Waals surface area (Å²) in [5, 5.41) is 0. The molecule has 0 atom stereocenters. The van der Waals surface area contributed by atoms with Gasteiger partial charge < -0.3 is 0 Å². The van der Waals surface area contributed by atoms with Crippen molar-refractivity contribution in [3.8, 4) is 0 Å². The molecule has 0 aromatic carbocycles. The third-order valence-corrected chi connectivity index (χ3v) is 5.30. The minimum Gasteiger partial charge on any atom is -0.0654 e. The third kappa shape index (κ3) is 54.8. The minimum atomic E-state index is -2.13. The number of hydrogen-bond acceptors (Lipinski definition) is 0. The smallest absolute Gasteiger partial charge is 0.0297 e. The molecule has 0 unspecified atom stereocenters. The van der Waals surface area contributed by atoms with Crippen LogP contribution in [0.25, 0.3) is 0 Å². The molecule has 0 aromatic rings. The molecule has 0 radical (unpaired) electrons. The van der Waals surface area contributed by atoms with E-state index in [1.54, 1.807) is 13.8 Å². The quantitative estimate of drug-likeness (QED) is 0.233. The fourth-order valence-corrected chi connectivity index (χ4v) is 2.31. The largest absolute Gasteiger partial charge is 0.0654 e. The Kier molecular flexibility index (Phi) is 22.4. The molecular weight excluding hydrogens is 432 g/mol. The first kappa shape index (κ1) is 19.1. The summed E-state index contributed by atoms with van der Waals surface area (Å²) >= 11 is 0. The Bertz CT molecular complexity index is 849. The van der Waals surface area contributed by atoms with Crippen molar-refractivity contribution in [2.45, 2.75) is 220 Å². The van der Waals surface area contributed by atoms with Crippen LogP contribution in [0.1, 0.15) is 245 Å². The molecule has 0 spiro atoms. The molecule has 0 saturated carbocycles. The van der Waals surface area contributed by atoms with E-state index < -0.39 is 62.8 Å². The molecule has 0 heterocycles. The van der Waals surface area contributed by atoms with E-state index in [1.807, 2.05) is 41.5 Å². The van der Waals surface area contributed by atoms with Crippen molar-refractivity contribution in [3.63, 3.8) is 0 Å². The zero-order chi connectivity index (χ0) is 45.9. The highest BCUT2D eigenvalue weighted by Crippen LogP contribution is 2.43. The van der Waals surface area contributed by atoms with E-state index in [1.165, 1.54) is 27.7 Å². The summed E-state index contributed by atoms with van der Waals surface area (Å²) in [7, 11) is 0. The lowest BCUT2D eigenvalue weighted by atomic mass is 9.65. The van der Waals surface area contributed by atoms with Crippen molar-refractivity contribution in [1.29, 1.82) is 0 Å². The summed E-state index contributed by atoms with van der Waals surface area (Å²) in [4.78, 5) is 0. The average Bonchev–Trinajstić information content (AvgIpc) is 2.89. The topological polar surface area (TPSA) is 0 Å². The molecule has 0 nitrogen and oxygen atoms in total. The molecule has 0 aliphatic heterocycles. The second-order valence-corrected chi connectivity index (χ2v) is 9.32. The maximum absolute atomic E-state index is 7.53. The van der Waals surface area contributed by atoms with E-state index >= 15 is 0 Å². The van der Waals surface area contributed by atoms with E-state index in [4.69, 9.17) is 24.7 Å². The van der Waals surface area contributed by atoms with Crippen molar-refractivity contribution < 1.29 is 24.7 Å². The molecule has 0 aliphatic rings. The Balaban J connectivity index is -0.000000130. The predicted molar refractivity (Wildman–Crippen MR) is 179 cm³/mol. The number of hydrogen-bond donors (Lipinski definition) is 0. The van der Waals surface area contributed by atoms with Gasteiger partial charge in [-0.2, -0.15) is 0 Å². The SMILES string of the molecule is [2H]C([2H])(C)C([2H])([2H])C([2H])(C)C.[2H]C([2H])(C)CC([2H])([2H])C.[2H]C([2H])(C)CCC.[2H]C([2H])(C)CCC.[2H]C([2H])(CC)CC.[2H]C([2H])([2H])C(C)(C)C(C)(CC)CC. The summed E-state index contributed by atoms with van der Waals surface area (Å²) in [6, 6.07) is 0. The zero-order valence-corrected chi connectivity index (χ0v) is 27.9. The fourth-order valence-electron chi connectivity index (χ4n) is 2.31. The van der Waals surface area contributed by atoms with E-state index in [0.29, 0.717) is 25.7 Å². The molecule has 0 N–H and O–H groups in total. The third-order valence-electron chi connectivity index (χ3n) is 5.30. The van der Waals surface area contributed by atoms with Gasteiger partial charge in [0.2, 0.25) is 0 Å². The van der Waals surface area contributed by atoms with Crippen LogP contribution in [0.2, 0.25) is 0 Å². The normalized spacial score (nSPS) is 21.0. The summed E-state index contributed by atoms with van der Waals surface area (Å²) < 4.78 is 129. The predicted octanol–water partition coefficient (Wildman–Crippen LogP) is 15.1. The van der Waals surface area contributed by atoms with Gasteiger partial charge in [0.15, 0.2) is 0 Å². The minimum absolute atomic E-state index is 0.0417. The Hall–Kier alpha value is 0. The van der Waals surface area contributed by atoms with E-state index in [0.717, 1.165) is 32.6 Å². The van der Waals surface area contributed by atoms with E-state index in [-0.39, 0.29) is 11.8 Å². The van der Waals surface area contributed by atoms with E-state index in [2.05, 4.69) is 20.8 Å². The van der Waals surface area contributed by atoms with E-state index in [9.17, 15) is 0 Å². The molecule has 0 amide bonds. The maximum Gasteiger partial charge on any atom is 0.0297 e. The highest BCUT2D eigenvalue weighted by Gasteiger charge is 2.33. The lowest BCUT2D eigenvalue weighted by molar-refractivity contribution is 0.0975. The Morgan fingerprint density at radius 2 is 0.944 bits per heavy atom. The first-order valence-electron chi connectivity index (χ1n) is 23.1. The van der Waals surface area contributed by atoms with Crippen molar-refractivity contribution in [1.82, 2.24) is 0 Å². The van der Waals surface area contributed by atoms with Crippen LogP contribution in [0, 0.1) is 16.7 Å². The Morgan fingerprint density at radius 1 is 0.583 bits per heavy atom. The maximum atomic E-state index is 7.53. The van der Waals surface area contributed by atoms with Gasteiger partial charge in [0.25, 0.3) is 0 Å². The van der Waals surface area contributed by atoms with Gasteiger partial charge in [-0.15, -0.1) is 0 Å². The van der Waals surface area contributed by atoms with Crippen LogP contribution >= 0.6 is 0 Å². The van der Waals surface area contributed by atoms with Gasteiger partial charge in [-0.3, -0.25) is 0 Å². The van der Waals surface area contributed by atoms with Gasteiger partial charge >= 0.3 is 0 Å². The van der Waals surface area contributed by atoms with Crippen LogP contribution < -0.4 is 0 Å². The lowest BCUT2D eigenvalue weighted by Crippen LogP contribution is -2.31. The first-order valence-corrected chi connectivity index (χ1v) is 14.1. The molecule has 0 aromatic heterocycles. The van der Waals surface area contributed by atoms with Gasteiger partial charge in [-0.25, -0.2) is 0 Å². The Morgan fingerprint density at radius 3 is 0.972 bits per heavy atom. The van der Waals surface area contributed by atoms with Gasteiger partial charge in [-0.05, 0) is 16.7 Å². The van der Waals surface area contributed by atoms with Gasteiger partial charge in [-0.1, -0.05) is 220 Å². The average molecular weight is 535 g/mol. The van der Waals surface area contributed by atoms with Crippen LogP contribution in [0.15, 0.2) is 0 Å². The number of rotatable bonds is 12. The molecule has 228 valence electrons. The van der Waals surface area contributed by atoms with Crippen LogP contribution in [0.5, 0.6) is 0 Å². The van der Waals surface area contributed by atoms with Crippen molar-refractivity contribution in [3.05, 3.63) is 0 Å². The standard InChI is InChI=1S/C10H22.C6H14.4C5H12/c1-7-10(6,8-2)9(3,4)5;1-4-5-6(2)3;4*1-3-5-4-2/h7-8H2,1-6H3;6H,4-5H2,1-3H3;4*3-5H2,1-2H3/i3D3;4D2,5D2,6D;3D2,4D2;5D2;2*3D2. The highest BCUT2D eigenvalue weighted by atomic mass is 14.4. The van der Waals surface area contributed by atoms with Crippen LogP contribution in [0.3, 0.4) is 0 Å². The van der Waals surface area contributed by atoms with Gasteiger partial charge in [0, 0.05) is 24.7 Å². The molecule has 0 saturated heterocycles. The van der Waals surface area contributed by atoms with Crippen LogP contribution in [-0.2, 0) is 0 Å². The molecule has 36 heavy (non-hydrogen) atoms. The second kappa shape index (κ2) is 42.1. The molecule has 0 heteroatoms. The fraction of sp³-hybridized carbons (Fsp3) is 1.00. The summed E-state index contributed by atoms with van der Waals surface area (Å²) in [6.07, 6.45) is -3.44. The lowest BCUT2D eigenvalue weighted by Gasteiger charge is -2.40. The van der Waals surface area contributed by atoms with Crippen molar-refractivity contribution in [2.24, 2.45) is 16.7 Å². The van der Waals surface area contributed by atoms with Gasteiger partial charge in [0.05, 0.1) is 0 Å². The summed E-state index contributed by atoms with van der Waals surface area (Å²) in [6.45, 7) is 25.6. The van der Waals surface area contributed by atoms with Crippen molar-refractivity contribution in [2.75, 3.05) is 0 Å². The monoisotopic (exact) mass is 535 g/mol. The molecule has 0 aliphatic carbocycles. The first-order chi connectivity index (χ1) is 23.1.